The van der Waals surface area contributed by atoms with Crippen LogP contribution in [0.5, 0.6) is 0 Å². The molecular weight excluding hydrogens is 174 g/mol. The highest BCUT2D eigenvalue weighted by Crippen LogP contribution is 2.28. The lowest BCUT2D eigenvalue weighted by atomic mass is 9.76. The number of rotatable bonds is 2. The van der Waals surface area contributed by atoms with Gasteiger partial charge in [0, 0.05) is 12.6 Å². The molecule has 0 aromatic carbocycles. The van der Waals surface area contributed by atoms with Crippen molar-refractivity contribution >= 4 is 0 Å². The highest BCUT2D eigenvalue weighted by atomic mass is 15.1. The van der Waals surface area contributed by atoms with Crippen LogP contribution in [0.1, 0.15) is 26.7 Å². The van der Waals surface area contributed by atoms with E-state index in [0.29, 0.717) is 5.92 Å². The van der Waals surface area contributed by atoms with Crippen molar-refractivity contribution in [1.82, 2.24) is 4.90 Å². The van der Waals surface area contributed by atoms with E-state index in [-0.39, 0.29) is 6.04 Å². The van der Waals surface area contributed by atoms with Gasteiger partial charge in [-0.2, -0.15) is 5.26 Å². The first kappa shape index (κ1) is 11.5. The van der Waals surface area contributed by atoms with Crippen LogP contribution < -0.4 is 5.73 Å². The first-order chi connectivity index (χ1) is 6.47. The van der Waals surface area contributed by atoms with Gasteiger partial charge >= 0.3 is 0 Å². The molecule has 1 fully saturated rings. The molecule has 80 valence electrons. The molecule has 0 bridgehead atoms. The molecule has 1 aliphatic heterocycles. The minimum Gasteiger partial charge on any atom is -0.326 e. The molecule has 0 aromatic heterocycles. The van der Waals surface area contributed by atoms with Crippen molar-refractivity contribution in [3.8, 4) is 6.07 Å². The van der Waals surface area contributed by atoms with Crippen LogP contribution in [-0.4, -0.2) is 31.1 Å². The molecule has 2 atom stereocenters. The molecule has 0 spiro atoms. The molecule has 0 aliphatic carbocycles. The van der Waals surface area contributed by atoms with Crippen molar-refractivity contribution < 1.29 is 0 Å². The van der Waals surface area contributed by atoms with Gasteiger partial charge in [-0.25, -0.2) is 0 Å². The maximum Gasteiger partial charge on any atom is 0.0700 e. The second kappa shape index (κ2) is 4.29. The lowest BCUT2D eigenvalue weighted by molar-refractivity contribution is 0.152. The summed E-state index contributed by atoms with van der Waals surface area (Å²) in [6.45, 7) is 6.07. The van der Waals surface area contributed by atoms with Crippen LogP contribution in [0.4, 0.5) is 0 Å². The van der Waals surface area contributed by atoms with Gasteiger partial charge in [-0.1, -0.05) is 0 Å². The topological polar surface area (TPSA) is 53.0 Å². The van der Waals surface area contributed by atoms with Gasteiger partial charge in [0.15, 0.2) is 0 Å². The lowest BCUT2D eigenvalue weighted by Crippen LogP contribution is -2.48. The van der Waals surface area contributed by atoms with E-state index in [0.717, 1.165) is 19.5 Å². The summed E-state index contributed by atoms with van der Waals surface area (Å²) in [6, 6.07) is 2.31. The molecule has 14 heavy (non-hydrogen) atoms. The van der Waals surface area contributed by atoms with Crippen LogP contribution in [0.2, 0.25) is 0 Å². The summed E-state index contributed by atoms with van der Waals surface area (Å²) < 4.78 is 0. The second-order valence-electron chi connectivity index (χ2n) is 5.02. The zero-order valence-corrected chi connectivity index (χ0v) is 9.45. The summed E-state index contributed by atoms with van der Waals surface area (Å²) in [5.41, 5.74) is 5.75. The summed E-state index contributed by atoms with van der Waals surface area (Å²) >= 11 is 0. The molecule has 0 saturated carbocycles. The van der Waals surface area contributed by atoms with Crippen LogP contribution >= 0.6 is 0 Å². The van der Waals surface area contributed by atoms with E-state index < -0.39 is 5.41 Å². The maximum absolute atomic E-state index is 9.02. The Morgan fingerprint density at radius 2 is 2.21 bits per heavy atom. The average Bonchev–Trinajstić information content (AvgIpc) is 2.16. The van der Waals surface area contributed by atoms with E-state index in [2.05, 4.69) is 18.0 Å². The summed E-state index contributed by atoms with van der Waals surface area (Å²) in [6.07, 6.45) is 2.37. The fourth-order valence-corrected chi connectivity index (χ4v) is 2.16. The van der Waals surface area contributed by atoms with Crippen molar-refractivity contribution in [3.05, 3.63) is 0 Å². The highest BCUT2D eigenvalue weighted by Gasteiger charge is 2.34. The van der Waals surface area contributed by atoms with Gasteiger partial charge in [-0.3, -0.25) is 0 Å². The molecule has 2 unspecified atom stereocenters. The monoisotopic (exact) mass is 195 g/mol. The third kappa shape index (κ3) is 2.46. The van der Waals surface area contributed by atoms with Crippen molar-refractivity contribution in [1.29, 1.82) is 5.26 Å². The number of hydrogen-bond donors (Lipinski definition) is 1. The Hall–Kier alpha value is -0.590. The fraction of sp³-hybridized carbons (Fsp3) is 0.909. The minimum atomic E-state index is -0.400. The molecule has 2 N–H and O–H groups in total. The van der Waals surface area contributed by atoms with Crippen molar-refractivity contribution in [2.75, 3.05) is 20.1 Å². The predicted molar refractivity (Wildman–Crippen MR) is 57.6 cm³/mol. The first-order valence-corrected chi connectivity index (χ1v) is 5.33. The molecule has 1 saturated heterocycles. The predicted octanol–water partition coefficient (Wildman–Crippen LogP) is 1.21. The molecule has 0 amide bonds. The maximum atomic E-state index is 9.02. The largest absolute Gasteiger partial charge is 0.326 e. The third-order valence-electron chi connectivity index (χ3n) is 3.29. The van der Waals surface area contributed by atoms with Gasteiger partial charge < -0.3 is 10.6 Å². The van der Waals surface area contributed by atoms with Crippen LogP contribution in [0.15, 0.2) is 0 Å². The van der Waals surface area contributed by atoms with Crippen molar-refractivity contribution in [3.63, 3.8) is 0 Å². The number of likely N-dealkylation sites (tertiary alicyclic amines) is 1. The van der Waals surface area contributed by atoms with E-state index in [1.807, 2.05) is 13.8 Å². The summed E-state index contributed by atoms with van der Waals surface area (Å²) in [5.74, 6) is 0.475. The number of nitriles is 1. The first-order valence-electron chi connectivity index (χ1n) is 5.33. The van der Waals surface area contributed by atoms with Crippen LogP contribution in [-0.2, 0) is 0 Å². The van der Waals surface area contributed by atoms with E-state index >= 15 is 0 Å². The highest BCUT2D eigenvalue weighted by molar-refractivity contribution is 5.02. The smallest absolute Gasteiger partial charge is 0.0700 e. The van der Waals surface area contributed by atoms with Crippen molar-refractivity contribution in [2.45, 2.75) is 32.7 Å². The van der Waals surface area contributed by atoms with Crippen LogP contribution in [0.3, 0.4) is 0 Å². The Labute approximate surface area is 86.9 Å². The van der Waals surface area contributed by atoms with Crippen LogP contribution in [0.25, 0.3) is 0 Å². The zero-order valence-electron chi connectivity index (χ0n) is 9.45. The molecule has 3 heteroatoms. The molecule has 0 aromatic rings. The summed E-state index contributed by atoms with van der Waals surface area (Å²) in [5, 5.41) is 9.02. The van der Waals surface area contributed by atoms with Crippen molar-refractivity contribution in [2.24, 2.45) is 17.1 Å². The molecule has 1 aliphatic rings. The Balaban J connectivity index is 2.60. The van der Waals surface area contributed by atoms with Gasteiger partial charge in [-0.15, -0.1) is 0 Å². The van der Waals surface area contributed by atoms with Gasteiger partial charge in [0.1, 0.15) is 0 Å². The van der Waals surface area contributed by atoms with E-state index in [1.165, 1.54) is 6.42 Å². The van der Waals surface area contributed by atoms with Gasteiger partial charge in [-0.05, 0) is 46.2 Å². The molecule has 3 nitrogen and oxygen atoms in total. The fourth-order valence-electron chi connectivity index (χ4n) is 2.16. The van der Waals surface area contributed by atoms with Gasteiger partial charge in [0.2, 0.25) is 0 Å². The number of nitrogens with zero attached hydrogens (tertiary/aromatic N) is 2. The Morgan fingerprint density at radius 1 is 1.57 bits per heavy atom. The lowest BCUT2D eigenvalue weighted by Gasteiger charge is -2.37. The second-order valence-corrected chi connectivity index (χ2v) is 5.02. The standard InChI is InChI=1S/C11H21N3/c1-11(2,8-12)10(13)9-5-4-6-14(3)7-9/h9-10H,4-7,13H2,1-3H3. The number of hydrogen-bond acceptors (Lipinski definition) is 3. The normalized spacial score (nSPS) is 26.9. The Bertz CT molecular complexity index is 229. The number of nitrogens with two attached hydrogens (primary N) is 1. The Kier molecular flexibility index (Phi) is 3.52. The average molecular weight is 195 g/mol. The zero-order chi connectivity index (χ0) is 10.8. The molecular formula is C11H21N3. The van der Waals surface area contributed by atoms with Gasteiger partial charge in [0.25, 0.3) is 0 Å². The van der Waals surface area contributed by atoms with E-state index in [9.17, 15) is 0 Å². The molecule has 1 heterocycles. The van der Waals surface area contributed by atoms with Gasteiger partial charge in [0.05, 0.1) is 11.5 Å². The summed E-state index contributed by atoms with van der Waals surface area (Å²) in [7, 11) is 2.12. The summed E-state index contributed by atoms with van der Waals surface area (Å²) in [4.78, 5) is 2.31. The van der Waals surface area contributed by atoms with E-state index in [1.54, 1.807) is 0 Å². The third-order valence-corrected chi connectivity index (χ3v) is 3.29. The molecule has 0 radical (unpaired) electrons. The molecule has 1 rings (SSSR count). The minimum absolute atomic E-state index is 0.00440. The number of piperidine rings is 1. The SMILES string of the molecule is CN1CCCC(C(N)C(C)(C)C#N)C1. The van der Waals surface area contributed by atoms with E-state index in [4.69, 9.17) is 11.0 Å². The van der Waals surface area contributed by atoms with Crippen LogP contribution in [0, 0.1) is 22.7 Å². The Morgan fingerprint density at radius 3 is 2.71 bits per heavy atom. The quantitative estimate of drug-likeness (QED) is 0.720.